The van der Waals surface area contributed by atoms with Crippen LogP contribution in [0.1, 0.15) is 0 Å². The first kappa shape index (κ1) is 10.0. The van der Waals surface area contributed by atoms with Gasteiger partial charge in [-0.25, -0.2) is 0 Å². The van der Waals surface area contributed by atoms with Crippen molar-refractivity contribution in [3.63, 3.8) is 0 Å². The van der Waals surface area contributed by atoms with Gasteiger partial charge < -0.3 is 9.94 Å². The lowest BCUT2D eigenvalue weighted by atomic mass is 10.2. The molecule has 0 aliphatic carbocycles. The topological polar surface area (TPSA) is 63.8 Å². The zero-order valence-corrected chi connectivity index (χ0v) is 9.26. The molecular formula is C11H6ClN3O2. The highest BCUT2D eigenvalue weighted by molar-refractivity contribution is 6.37. The molecule has 0 saturated heterocycles. The molecule has 17 heavy (non-hydrogen) atoms. The Bertz CT molecular complexity index is 798. The molecule has 6 heteroatoms. The Kier molecular flexibility index (Phi) is 2.02. The fourth-order valence-electron chi connectivity index (χ4n) is 1.84. The third-order valence-electron chi connectivity index (χ3n) is 2.61. The van der Waals surface area contributed by atoms with E-state index in [-0.39, 0.29) is 0 Å². The maximum absolute atomic E-state index is 11.6. The highest BCUT2D eigenvalue weighted by Crippen LogP contribution is 2.26. The Balaban J connectivity index is 2.70. The zero-order chi connectivity index (χ0) is 12.0. The molecule has 2 aromatic heterocycles. The van der Waals surface area contributed by atoms with Crippen LogP contribution in [0.3, 0.4) is 0 Å². The molecule has 0 unspecified atom stereocenters. The summed E-state index contributed by atoms with van der Waals surface area (Å²) in [6.07, 6.45) is 4.01. The summed E-state index contributed by atoms with van der Waals surface area (Å²) in [6.45, 7) is 0. The van der Waals surface area contributed by atoms with Gasteiger partial charge in [0.15, 0.2) is 0 Å². The van der Waals surface area contributed by atoms with Crippen LogP contribution in [0.2, 0.25) is 5.02 Å². The van der Waals surface area contributed by atoms with E-state index in [9.17, 15) is 10.1 Å². The first-order valence-electron chi connectivity index (χ1n) is 4.87. The first-order valence-corrected chi connectivity index (χ1v) is 5.24. The summed E-state index contributed by atoms with van der Waals surface area (Å²) >= 11 is 6.06. The van der Waals surface area contributed by atoms with Crippen molar-refractivity contribution in [1.82, 2.24) is 9.71 Å². The van der Waals surface area contributed by atoms with Crippen molar-refractivity contribution in [1.29, 1.82) is 0 Å². The standard InChI is InChI=1S/C11H6ClN3O2/c12-7-3-5-14(16)8-1-2-9-11(10(7)8)13-4-6-15(9)17/h1-6H. The summed E-state index contributed by atoms with van der Waals surface area (Å²) in [4.78, 5) is 15.7. The molecule has 0 aliphatic heterocycles. The summed E-state index contributed by atoms with van der Waals surface area (Å²) in [6, 6.07) is 4.61. The summed E-state index contributed by atoms with van der Waals surface area (Å²) in [5.41, 5.74) is 1.20. The Hall–Kier alpha value is -2.14. The summed E-state index contributed by atoms with van der Waals surface area (Å²) < 4.78 is 1.39. The van der Waals surface area contributed by atoms with E-state index in [1.54, 1.807) is 12.1 Å². The van der Waals surface area contributed by atoms with Crippen LogP contribution < -0.4 is 4.43 Å². The predicted molar refractivity (Wildman–Crippen MR) is 64.4 cm³/mol. The predicted octanol–water partition coefficient (Wildman–Crippen LogP) is 2.10. The molecule has 0 aliphatic rings. The summed E-state index contributed by atoms with van der Waals surface area (Å²) in [5.74, 6) is 0. The van der Waals surface area contributed by atoms with E-state index >= 15 is 0 Å². The maximum Gasteiger partial charge on any atom is 0.273 e. The monoisotopic (exact) mass is 247 g/mol. The molecule has 0 N–H and O–H groups in total. The van der Waals surface area contributed by atoms with Crippen molar-refractivity contribution in [2.24, 2.45) is 0 Å². The van der Waals surface area contributed by atoms with E-state index in [1.165, 1.54) is 24.7 Å². The van der Waals surface area contributed by atoms with Gasteiger partial charge in [-0.2, -0.15) is 0 Å². The normalized spacial score (nSPS) is 11.1. The molecule has 0 bridgehead atoms. The van der Waals surface area contributed by atoms with Crippen molar-refractivity contribution in [2.45, 2.75) is 0 Å². The van der Waals surface area contributed by atoms with Gasteiger partial charge in [-0.05, 0) is 6.07 Å². The van der Waals surface area contributed by atoms with Crippen LogP contribution >= 0.6 is 11.6 Å². The average molecular weight is 248 g/mol. The third-order valence-corrected chi connectivity index (χ3v) is 2.93. The lowest BCUT2D eigenvalue weighted by molar-refractivity contribution is -0.463. The molecule has 0 saturated carbocycles. The fraction of sp³-hybridized carbons (Fsp3) is 0. The number of aromatic nitrogens is 3. The van der Waals surface area contributed by atoms with Gasteiger partial charge in [0, 0.05) is 29.4 Å². The quantitative estimate of drug-likeness (QED) is 0.451. The fourth-order valence-corrected chi connectivity index (χ4v) is 2.09. The Morgan fingerprint density at radius 1 is 1.35 bits per heavy atom. The molecule has 0 fully saturated rings. The number of benzene rings is 1. The van der Waals surface area contributed by atoms with E-state index in [2.05, 4.69) is 4.98 Å². The molecule has 5 nitrogen and oxygen atoms in total. The van der Waals surface area contributed by atoms with Gasteiger partial charge in [0.2, 0.25) is 6.20 Å². The number of pyridine rings is 1. The van der Waals surface area contributed by atoms with Crippen molar-refractivity contribution in [2.75, 3.05) is 0 Å². The van der Waals surface area contributed by atoms with Crippen molar-refractivity contribution >= 4 is 33.5 Å². The Morgan fingerprint density at radius 2 is 2.18 bits per heavy atom. The Labute approximate surface area is 100 Å². The average Bonchev–Trinajstić information content (AvgIpc) is 2.33. The SMILES string of the molecule is O=[n+]1ccc(Cl)c2c3nccn([O-])c3ccc21. The van der Waals surface area contributed by atoms with Gasteiger partial charge in [0.05, 0.1) is 20.4 Å². The van der Waals surface area contributed by atoms with Gasteiger partial charge in [-0.1, -0.05) is 11.6 Å². The van der Waals surface area contributed by atoms with E-state index < -0.39 is 0 Å². The van der Waals surface area contributed by atoms with Crippen molar-refractivity contribution in [3.8, 4) is 0 Å². The van der Waals surface area contributed by atoms with Crippen LogP contribution in [0.4, 0.5) is 0 Å². The number of hydrogen-bond donors (Lipinski definition) is 0. The van der Waals surface area contributed by atoms with Crippen LogP contribution in [-0.4, -0.2) is 9.71 Å². The molecule has 84 valence electrons. The highest BCUT2D eigenvalue weighted by Gasteiger charge is 2.14. The second-order valence-electron chi connectivity index (χ2n) is 3.57. The molecule has 0 spiro atoms. The summed E-state index contributed by atoms with van der Waals surface area (Å²) in [7, 11) is 0. The van der Waals surface area contributed by atoms with Crippen LogP contribution in [0.5, 0.6) is 0 Å². The van der Waals surface area contributed by atoms with Gasteiger partial charge in [0.1, 0.15) is 5.52 Å². The largest absolute Gasteiger partial charge is 0.805 e. The first-order chi connectivity index (χ1) is 8.18. The third kappa shape index (κ3) is 1.36. The number of nitrogens with zero attached hydrogens (tertiary/aromatic N) is 3. The zero-order valence-electron chi connectivity index (χ0n) is 8.50. The van der Waals surface area contributed by atoms with Crippen LogP contribution in [0, 0.1) is 10.1 Å². The van der Waals surface area contributed by atoms with Gasteiger partial charge in [-0.15, -0.1) is 0 Å². The van der Waals surface area contributed by atoms with E-state index in [1.807, 2.05) is 0 Å². The molecule has 0 radical (unpaired) electrons. The number of halogens is 1. The molecule has 1 aromatic carbocycles. The highest BCUT2D eigenvalue weighted by atomic mass is 35.5. The van der Waals surface area contributed by atoms with Crippen molar-refractivity contribution in [3.05, 3.63) is 51.9 Å². The smallest absolute Gasteiger partial charge is 0.273 e. The van der Waals surface area contributed by atoms with Crippen molar-refractivity contribution < 1.29 is 4.43 Å². The molecular weight excluding hydrogens is 242 g/mol. The minimum absolute atomic E-state index is 0.383. The number of rotatable bonds is 0. The van der Waals surface area contributed by atoms with E-state index in [4.69, 9.17) is 11.6 Å². The summed E-state index contributed by atoms with van der Waals surface area (Å²) in [5, 5.41) is 12.5. The molecule has 3 aromatic rings. The van der Waals surface area contributed by atoms with Gasteiger partial charge in [-0.3, -0.25) is 4.98 Å². The van der Waals surface area contributed by atoms with Crippen LogP contribution in [0.25, 0.3) is 21.9 Å². The molecule has 3 rings (SSSR count). The van der Waals surface area contributed by atoms with Gasteiger partial charge >= 0.3 is 0 Å². The minimum Gasteiger partial charge on any atom is -0.805 e. The number of hydrogen-bond acceptors (Lipinski definition) is 3. The lowest BCUT2D eigenvalue weighted by Crippen LogP contribution is -2.13. The second kappa shape index (κ2) is 3.43. The maximum atomic E-state index is 11.6. The van der Waals surface area contributed by atoms with Crippen LogP contribution in [-0.2, 0) is 0 Å². The Morgan fingerprint density at radius 3 is 3.00 bits per heavy atom. The molecule has 2 heterocycles. The second-order valence-corrected chi connectivity index (χ2v) is 3.98. The lowest BCUT2D eigenvalue weighted by Gasteiger charge is -2.13. The van der Waals surface area contributed by atoms with Crippen LogP contribution in [0.15, 0.2) is 36.8 Å². The van der Waals surface area contributed by atoms with Gasteiger partial charge in [0.25, 0.3) is 5.52 Å². The van der Waals surface area contributed by atoms with E-state index in [0.717, 1.165) is 0 Å². The number of fused-ring (bicyclic) bond motifs is 3. The molecule has 0 amide bonds. The minimum atomic E-state index is 0.383. The molecule has 0 atom stereocenters. The van der Waals surface area contributed by atoms with E-state index in [0.29, 0.717) is 36.1 Å².